The minimum atomic E-state index is -0.429. The van der Waals surface area contributed by atoms with Crippen LogP contribution in [0.4, 0.5) is 0 Å². The Labute approximate surface area is 83.4 Å². The van der Waals surface area contributed by atoms with Gasteiger partial charge < -0.3 is 16.4 Å². The third-order valence-corrected chi connectivity index (χ3v) is 2.81. The van der Waals surface area contributed by atoms with Gasteiger partial charge in [0.1, 0.15) is 6.04 Å². The molecule has 3 atom stereocenters. The minimum absolute atomic E-state index is 0.0740. The standard InChI is InChI=1S/C9H17N3O2/c1-5(6(2)10)9(14)12-4-3-7(12)8(11)13/h5-7H,3-4,10H2,1-2H3,(H2,11,13). The fraction of sp³-hybridized carbons (Fsp3) is 0.778. The lowest BCUT2D eigenvalue weighted by molar-refractivity contribution is -0.149. The molecule has 2 amide bonds. The fourth-order valence-corrected chi connectivity index (χ4v) is 1.43. The van der Waals surface area contributed by atoms with Gasteiger partial charge >= 0.3 is 0 Å². The van der Waals surface area contributed by atoms with Crippen molar-refractivity contribution in [2.75, 3.05) is 6.54 Å². The van der Waals surface area contributed by atoms with Crippen LogP contribution in [0, 0.1) is 5.92 Å². The Balaban J connectivity index is 2.58. The Hall–Kier alpha value is -1.10. The molecule has 0 aromatic heterocycles. The highest BCUT2D eigenvalue weighted by Crippen LogP contribution is 2.20. The molecule has 4 N–H and O–H groups in total. The zero-order valence-corrected chi connectivity index (χ0v) is 8.56. The maximum absolute atomic E-state index is 11.7. The van der Waals surface area contributed by atoms with E-state index in [1.165, 1.54) is 4.90 Å². The SMILES string of the molecule is CC(N)C(C)C(=O)N1CCC1C(N)=O. The lowest BCUT2D eigenvalue weighted by Crippen LogP contribution is -2.59. The third kappa shape index (κ3) is 1.87. The molecule has 14 heavy (non-hydrogen) atoms. The predicted octanol–water partition coefficient (Wildman–Crippen LogP) is -0.944. The molecule has 0 aromatic carbocycles. The van der Waals surface area contributed by atoms with E-state index in [0.29, 0.717) is 13.0 Å². The van der Waals surface area contributed by atoms with Gasteiger partial charge in [0.25, 0.3) is 0 Å². The Morgan fingerprint density at radius 3 is 2.29 bits per heavy atom. The van der Waals surface area contributed by atoms with E-state index in [4.69, 9.17) is 11.5 Å². The number of hydrogen-bond donors (Lipinski definition) is 2. The van der Waals surface area contributed by atoms with Crippen LogP contribution in [0.1, 0.15) is 20.3 Å². The van der Waals surface area contributed by atoms with E-state index in [1.807, 2.05) is 0 Å². The molecule has 0 aromatic rings. The molecule has 1 aliphatic rings. The highest BCUT2D eigenvalue weighted by molar-refractivity contribution is 5.89. The normalized spacial score (nSPS) is 25.1. The topological polar surface area (TPSA) is 89.4 Å². The van der Waals surface area contributed by atoms with Gasteiger partial charge in [0.05, 0.1) is 5.92 Å². The molecule has 1 aliphatic heterocycles. The zero-order valence-electron chi connectivity index (χ0n) is 8.56. The van der Waals surface area contributed by atoms with Crippen molar-refractivity contribution in [3.05, 3.63) is 0 Å². The van der Waals surface area contributed by atoms with Crippen LogP contribution < -0.4 is 11.5 Å². The van der Waals surface area contributed by atoms with Crippen molar-refractivity contribution in [2.24, 2.45) is 17.4 Å². The number of primary amides is 1. The number of nitrogens with zero attached hydrogens (tertiary/aromatic N) is 1. The van der Waals surface area contributed by atoms with Gasteiger partial charge in [0.15, 0.2) is 0 Å². The predicted molar refractivity (Wildman–Crippen MR) is 52.1 cm³/mol. The first-order valence-electron chi connectivity index (χ1n) is 4.80. The summed E-state index contributed by atoms with van der Waals surface area (Å²) >= 11 is 0. The summed E-state index contributed by atoms with van der Waals surface area (Å²) < 4.78 is 0. The first-order valence-corrected chi connectivity index (χ1v) is 4.80. The first-order chi connectivity index (χ1) is 6.45. The molecular weight excluding hydrogens is 182 g/mol. The lowest BCUT2D eigenvalue weighted by Gasteiger charge is -2.40. The Kier molecular flexibility index (Phi) is 3.10. The van der Waals surface area contributed by atoms with E-state index in [-0.39, 0.29) is 17.9 Å². The van der Waals surface area contributed by atoms with Crippen LogP contribution in [-0.4, -0.2) is 35.3 Å². The van der Waals surface area contributed by atoms with Gasteiger partial charge in [-0.25, -0.2) is 0 Å². The second-order valence-electron chi connectivity index (χ2n) is 3.89. The summed E-state index contributed by atoms with van der Waals surface area (Å²) in [6.45, 7) is 4.16. The van der Waals surface area contributed by atoms with Crippen molar-refractivity contribution < 1.29 is 9.59 Å². The summed E-state index contributed by atoms with van der Waals surface area (Å²) in [5.74, 6) is -0.756. The van der Waals surface area contributed by atoms with E-state index in [2.05, 4.69) is 0 Å². The quantitative estimate of drug-likeness (QED) is 0.614. The van der Waals surface area contributed by atoms with E-state index in [1.54, 1.807) is 13.8 Å². The van der Waals surface area contributed by atoms with E-state index < -0.39 is 11.9 Å². The molecule has 80 valence electrons. The Morgan fingerprint density at radius 2 is 2.00 bits per heavy atom. The summed E-state index contributed by atoms with van der Waals surface area (Å²) in [6, 6.07) is -0.611. The number of hydrogen-bond acceptors (Lipinski definition) is 3. The van der Waals surface area contributed by atoms with Crippen molar-refractivity contribution in [3.63, 3.8) is 0 Å². The molecule has 1 rings (SSSR count). The summed E-state index contributed by atoms with van der Waals surface area (Å²) in [6.07, 6.45) is 0.673. The number of amides is 2. The van der Waals surface area contributed by atoms with Crippen LogP contribution in [0.2, 0.25) is 0 Å². The van der Waals surface area contributed by atoms with Crippen LogP contribution in [0.25, 0.3) is 0 Å². The van der Waals surface area contributed by atoms with Crippen LogP contribution in [0.3, 0.4) is 0 Å². The monoisotopic (exact) mass is 199 g/mol. The molecule has 0 radical (unpaired) electrons. The molecule has 0 bridgehead atoms. The third-order valence-electron chi connectivity index (χ3n) is 2.81. The number of carbonyl (C=O) groups is 2. The van der Waals surface area contributed by atoms with Crippen LogP contribution in [0.5, 0.6) is 0 Å². The molecule has 5 nitrogen and oxygen atoms in total. The smallest absolute Gasteiger partial charge is 0.240 e. The first kappa shape index (κ1) is 11.0. The molecule has 0 saturated carbocycles. The largest absolute Gasteiger partial charge is 0.368 e. The molecule has 5 heteroatoms. The second-order valence-corrected chi connectivity index (χ2v) is 3.89. The van der Waals surface area contributed by atoms with Gasteiger partial charge in [0.2, 0.25) is 11.8 Å². The van der Waals surface area contributed by atoms with Crippen molar-refractivity contribution in [1.82, 2.24) is 4.90 Å². The van der Waals surface area contributed by atoms with Crippen molar-refractivity contribution in [1.29, 1.82) is 0 Å². The fourth-order valence-electron chi connectivity index (χ4n) is 1.43. The van der Waals surface area contributed by atoms with Gasteiger partial charge in [0, 0.05) is 12.6 Å². The average molecular weight is 199 g/mol. The zero-order chi connectivity index (χ0) is 10.9. The number of nitrogens with two attached hydrogens (primary N) is 2. The highest BCUT2D eigenvalue weighted by atomic mass is 16.2. The number of rotatable bonds is 3. The summed E-state index contributed by atoms with van der Waals surface area (Å²) in [7, 11) is 0. The van der Waals surface area contributed by atoms with Crippen LogP contribution in [0.15, 0.2) is 0 Å². The van der Waals surface area contributed by atoms with Crippen molar-refractivity contribution >= 4 is 11.8 Å². The Bertz CT molecular complexity index is 252. The highest BCUT2D eigenvalue weighted by Gasteiger charge is 2.38. The second kappa shape index (κ2) is 3.96. The summed E-state index contributed by atoms with van der Waals surface area (Å²) in [5.41, 5.74) is 10.7. The van der Waals surface area contributed by atoms with Crippen molar-refractivity contribution in [3.8, 4) is 0 Å². The van der Waals surface area contributed by atoms with Crippen LogP contribution >= 0.6 is 0 Å². The van der Waals surface area contributed by atoms with Crippen molar-refractivity contribution in [2.45, 2.75) is 32.4 Å². The lowest BCUT2D eigenvalue weighted by atomic mass is 9.96. The molecule has 1 fully saturated rings. The maximum atomic E-state index is 11.7. The van der Waals surface area contributed by atoms with E-state index >= 15 is 0 Å². The molecule has 0 aliphatic carbocycles. The van der Waals surface area contributed by atoms with E-state index in [0.717, 1.165) is 0 Å². The van der Waals surface area contributed by atoms with Gasteiger partial charge in [-0.1, -0.05) is 6.92 Å². The average Bonchev–Trinajstić information content (AvgIpc) is 1.99. The molecule has 3 unspecified atom stereocenters. The van der Waals surface area contributed by atoms with Crippen LogP contribution in [-0.2, 0) is 9.59 Å². The summed E-state index contributed by atoms with van der Waals surface area (Å²) in [5, 5.41) is 0. The van der Waals surface area contributed by atoms with Gasteiger partial charge in [-0.05, 0) is 13.3 Å². The van der Waals surface area contributed by atoms with E-state index in [9.17, 15) is 9.59 Å². The number of carbonyl (C=O) groups excluding carboxylic acids is 2. The molecule has 1 heterocycles. The van der Waals surface area contributed by atoms with Gasteiger partial charge in [-0.2, -0.15) is 0 Å². The van der Waals surface area contributed by atoms with Gasteiger partial charge in [-0.3, -0.25) is 9.59 Å². The molecule has 1 saturated heterocycles. The summed E-state index contributed by atoms with van der Waals surface area (Å²) in [4.78, 5) is 24.1. The maximum Gasteiger partial charge on any atom is 0.240 e. The number of likely N-dealkylation sites (tertiary alicyclic amines) is 1. The van der Waals surface area contributed by atoms with Gasteiger partial charge in [-0.15, -0.1) is 0 Å². The minimum Gasteiger partial charge on any atom is -0.368 e. The Morgan fingerprint density at radius 1 is 1.43 bits per heavy atom. The molecular formula is C9H17N3O2. The molecule has 0 spiro atoms.